The Labute approximate surface area is 202 Å². The molecule has 2 N–H and O–H groups in total. The van der Waals surface area contributed by atoms with Gasteiger partial charge < -0.3 is 19.7 Å². The predicted octanol–water partition coefficient (Wildman–Crippen LogP) is 4.33. The minimum absolute atomic E-state index is 0.159. The Morgan fingerprint density at radius 1 is 1.06 bits per heavy atom. The van der Waals surface area contributed by atoms with Crippen LogP contribution in [0.1, 0.15) is 84.5 Å². The minimum Gasteiger partial charge on any atom is -0.444 e. The quantitative estimate of drug-likeness (QED) is 0.486. The zero-order valence-corrected chi connectivity index (χ0v) is 21.3. The van der Waals surface area contributed by atoms with Gasteiger partial charge in [-0.3, -0.25) is 10.3 Å². The molecule has 1 unspecified atom stereocenters. The number of nitrogens with zero attached hydrogens (tertiary/aromatic N) is 3. The molecule has 1 aliphatic carbocycles. The summed E-state index contributed by atoms with van der Waals surface area (Å²) in [5, 5.41) is 6.44. The lowest BCUT2D eigenvalue weighted by molar-refractivity contribution is 0.0553. The van der Waals surface area contributed by atoms with Crippen LogP contribution in [-0.4, -0.2) is 58.4 Å². The second-order valence-electron chi connectivity index (χ2n) is 11.0. The molecule has 3 rings (SSSR count). The number of hydrogen-bond donors (Lipinski definition) is 2. The Kier molecular flexibility index (Phi) is 8.17. The number of amides is 2. The van der Waals surface area contributed by atoms with Crippen LogP contribution in [0, 0.1) is 0 Å². The van der Waals surface area contributed by atoms with E-state index < -0.39 is 23.4 Å². The van der Waals surface area contributed by atoms with Gasteiger partial charge in [0.2, 0.25) is 5.96 Å². The maximum atomic E-state index is 12.4. The third-order valence-corrected chi connectivity index (χ3v) is 5.63. The van der Waals surface area contributed by atoms with E-state index >= 15 is 0 Å². The molecule has 1 atom stereocenters. The SMILES string of the molecule is CC(C)(C)OC(=O)N=C(NC(=O)OC(C)(C)C)N1CCC(NC2CCCc3cccnc32)CC1. The lowest BCUT2D eigenvalue weighted by Crippen LogP contribution is -2.52. The fourth-order valence-electron chi connectivity index (χ4n) is 4.26. The molecule has 2 amide bonds. The van der Waals surface area contributed by atoms with Gasteiger partial charge in [0.15, 0.2) is 0 Å². The largest absolute Gasteiger partial charge is 0.444 e. The van der Waals surface area contributed by atoms with Crippen LogP contribution in [0.5, 0.6) is 0 Å². The average Bonchev–Trinajstić information content (AvgIpc) is 2.71. The standard InChI is InChI=1S/C25H39N5O4/c1-24(2,3)33-22(31)28-21(29-23(32)34-25(4,5)6)30-15-12-18(13-16-30)27-19-11-7-9-17-10-8-14-26-20(17)19/h8,10,14,18-19,27H,7,9,11-13,15-16H2,1-6H3,(H,28,29,31,32). The number of ether oxygens (including phenoxy) is 2. The Morgan fingerprint density at radius 2 is 1.74 bits per heavy atom. The zero-order chi connectivity index (χ0) is 24.9. The molecule has 2 aliphatic rings. The fourth-order valence-corrected chi connectivity index (χ4v) is 4.26. The molecule has 0 bridgehead atoms. The summed E-state index contributed by atoms with van der Waals surface area (Å²) in [5.74, 6) is 0.159. The number of nitrogens with one attached hydrogen (secondary N) is 2. The van der Waals surface area contributed by atoms with Gasteiger partial charge in [0, 0.05) is 31.4 Å². The number of aryl methyl sites for hydroxylation is 1. The molecule has 9 heteroatoms. The predicted molar refractivity (Wildman–Crippen MR) is 131 cm³/mol. The molecule has 1 aromatic rings. The number of carbonyl (C=O) groups excluding carboxylic acids is 2. The number of likely N-dealkylation sites (tertiary alicyclic amines) is 1. The number of piperidine rings is 1. The first-order valence-electron chi connectivity index (χ1n) is 12.2. The third kappa shape index (κ3) is 7.97. The maximum Gasteiger partial charge on any atom is 0.437 e. The molecule has 0 saturated carbocycles. The van der Waals surface area contributed by atoms with E-state index in [2.05, 4.69) is 26.7 Å². The van der Waals surface area contributed by atoms with Crippen LogP contribution < -0.4 is 10.6 Å². The lowest BCUT2D eigenvalue weighted by Gasteiger charge is -2.37. The zero-order valence-electron chi connectivity index (χ0n) is 21.3. The summed E-state index contributed by atoms with van der Waals surface area (Å²) in [7, 11) is 0. The van der Waals surface area contributed by atoms with Crippen LogP contribution >= 0.6 is 0 Å². The molecule has 1 aromatic heterocycles. The van der Waals surface area contributed by atoms with Crippen molar-refractivity contribution in [2.75, 3.05) is 13.1 Å². The van der Waals surface area contributed by atoms with Crippen molar-refractivity contribution >= 4 is 18.1 Å². The van der Waals surface area contributed by atoms with Gasteiger partial charge in [0.05, 0.1) is 5.69 Å². The molecule has 9 nitrogen and oxygen atoms in total. The summed E-state index contributed by atoms with van der Waals surface area (Å²) in [6.45, 7) is 11.9. The van der Waals surface area contributed by atoms with Gasteiger partial charge in [-0.1, -0.05) is 6.07 Å². The smallest absolute Gasteiger partial charge is 0.437 e. The van der Waals surface area contributed by atoms with Gasteiger partial charge >= 0.3 is 12.2 Å². The van der Waals surface area contributed by atoms with E-state index in [1.165, 1.54) is 5.56 Å². The normalized spacial score (nSPS) is 19.9. The Hall–Kier alpha value is -2.68. The van der Waals surface area contributed by atoms with Crippen molar-refractivity contribution in [3.05, 3.63) is 29.6 Å². The summed E-state index contributed by atoms with van der Waals surface area (Å²) >= 11 is 0. The highest BCUT2D eigenvalue weighted by molar-refractivity contribution is 5.99. The summed E-state index contributed by atoms with van der Waals surface area (Å²) in [6.07, 6.45) is 5.48. The van der Waals surface area contributed by atoms with E-state index in [1.54, 1.807) is 41.5 Å². The highest BCUT2D eigenvalue weighted by atomic mass is 16.6. The van der Waals surface area contributed by atoms with Crippen LogP contribution in [0.4, 0.5) is 9.59 Å². The first-order valence-corrected chi connectivity index (χ1v) is 12.2. The number of rotatable bonds is 2. The number of pyridine rings is 1. The summed E-state index contributed by atoms with van der Waals surface area (Å²) < 4.78 is 10.7. The fraction of sp³-hybridized carbons (Fsp3) is 0.680. The molecule has 0 spiro atoms. The van der Waals surface area contributed by atoms with Gasteiger partial charge in [-0.05, 0) is 85.3 Å². The average molecular weight is 474 g/mol. The van der Waals surface area contributed by atoms with Crippen LogP contribution in [0.3, 0.4) is 0 Å². The summed E-state index contributed by atoms with van der Waals surface area (Å²) in [4.78, 5) is 35.4. The van der Waals surface area contributed by atoms with E-state index in [0.29, 0.717) is 19.1 Å². The third-order valence-electron chi connectivity index (χ3n) is 5.63. The molecule has 1 saturated heterocycles. The number of guanidine groups is 1. The highest BCUT2D eigenvalue weighted by Crippen LogP contribution is 2.29. The van der Waals surface area contributed by atoms with Crippen LogP contribution in [-0.2, 0) is 15.9 Å². The number of alkyl carbamates (subject to hydrolysis) is 1. The Balaban J connectivity index is 1.64. The van der Waals surface area contributed by atoms with Crippen molar-refractivity contribution in [1.29, 1.82) is 0 Å². The van der Waals surface area contributed by atoms with Crippen molar-refractivity contribution in [1.82, 2.24) is 20.5 Å². The van der Waals surface area contributed by atoms with Crippen LogP contribution in [0.2, 0.25) is 0 Å². The van der Waals surface area contributed by atoms with Gasteiger partial charge in [0.1, 0.15) is 11.2 Å². The number of aromatic nitrogens is 1. The molecule has 0 radical (unpaired) electrons. The van der Waals surface area contributed by atoms with Crippen molar-refractivity contribution in [3.63, 3.8) is 0 Å². The number of carbonyl (C=O) groups is 2. The molecule has 188 valence electrons. The van der Waals surface area contributed by atoms with E-state index in [1.807, 2.05) is 17.2 Å². The highest BCUT2D eigenvalue weighted by Gasteiger charge is 2.29. The first-order chi connectivity index (χ1) is 15.9. The molecular formula is C25H39N5O4. The molecule has 34 heavy (non-hydrogen) atoms. The van der Waals surface area contributed by atoms with Crippen molar-refractivity contribution in [2.24, 2.45) is 4.99 Å². The second-order valence-corrected chi connectivity index (χ2v) is 11.0. The minimum atomic E-state index is -0.747. The first kappa shape index (κ1) is 25.9. The van der Waals surface area contributed by atoms with Gasteiger partial charge in [-0.15, -0.1) is 4.99 Å². The Bertz CT molecular complexity index is 895. The van der Waals surface area contributed by atoms with Gasteiger partial charge in [-0.2, -0.15) is 0 Å². The second kappa shape index (κ2) is 10.7. The van der Waals surface area contributed by atoms with Gasteiger partial charge in [0.25, 0.3) is 0 Å². The van der Waals surface area contributed by atoms with E-state index in [9.17, 15) is 9.59 Å². The lowest BCUT2D eigenvalue weighted by atomic mass is 9.90. The van der Waals surface area contributed by atoms with Crippen LogP contribution in [0.15, 0.2) is 23.3 Å². The maximum absolute atomic E-state index is 12.4. The van der Waals surface area contributed by atoms with E-state index in [0.717, 1.165) is 37.8 Å². The molecule has 1 aliphatic heterocycles. The number of fused-ring (bicyclic) bond motifs is 1. The molecule has 2 heterocycles. The van der Waals surface area contributed by atoms with Crippen LogP contribution in [0.25, 0.3) is 0 Å². The number of aliphatic imine (C=N–C) groups is 1. The van der Waals surface area contributed by atoms with Crippen molar-refractivity contribution in [3.8, 4) is 0 Å². The van der Waals surface area contributed by atoms with Crippen molar-refractivity contribution < 1.29 is 19.1 Å². The van der Waals surface area contributed by atoms with E-state index in [4.69, 9.17) is 9.47 Å². The molecule has 1 fully saturated rings. The van der Waals surface area contributed by atoms with Gasteiger partial charge in [-0.25, -0.2) is 9.59 Å². The topological polar surface area (TPSA) is 105 Å². The Morgan fingerprint density at radius 3 is 2.38 bits per heavy atom. The summed E-state index contributed by atoms with van der Waals surface area (Å²) in [6, 6.07) is 4.75. The van der Waals surface area contributed by atoms with E-state index in [-0.39, 0.29) is 12.0 Å². The number of hydrogen-bond acceptors (Lipinski definition) is 6. The molecule has 0 aromatic carbocycles. The monoisotopic (exact) mass is 473 g/mol. The van der Waals surface area contributed by atoms with Crippen molar-refractivity contribution in [2.45, 2.75) is 96.9 Å². The summed E-state index contributed by atoms with van der Waals surface area (Å²) in [5.41, 5.74) is 1.15. The molecular weight excluding hydrogens is 434 g/mol.